The zero-order valence-corrected chi connectivity index (χ0v) is 14.8. The zero-order chi connectivity index (χ0) is 15.6. The molecule has 6 nitrogen and oxygen atoms in total. The van der Waals surface area contributed by atoms with Gasteiger partial charge in [-0.3, -0.25) is 0 Å². The molecule has 0 amide bonds. The van der Waals surface area contributed by atoms with Crippen molar-refractivity contribution in [2.24, 2.45) is 0 Å². The fraction of sp³-hybridized carbons (Fsp3) is 1.00. The van der Waals surface area contributed by atoms with Crippen LogP contribution < -0.4 is 0 Å². The van der Waals surface area contributed by atoms with E-state index in [1.807, 2.05) is 0 Å². The Hall–Kier alpha value is 0.744. The van der Waals surface area contributed by atoms with Crippen LogP contribution in [-0.2, 0) is 26.5 Å². The van der Waals surface area contributed by atoms with Crippen molar-refractivity contribution >= 4 is 8.60 Å². The van der Waals surface area contributed by atoms with E-state index in [1.54, 1.807) is 0 Å². The van der Waals surface area contributed by atoms with E-state index in [2.05, 4.69) is 11.4 Å². The summed E-state index contributed by atoms with van der Waals surface area (Å²) in [5, 5.41) is 0. The van der Waals surface area contributed by atoms with Gasteiger partial charge in [0.25, 0.3) is 0 Å². The van der Waals surface area contributed by atoms with Gasteiger partial charge < -0.3 is 14.3 Å². The second kappa shape index (κ2) is 19.7. The minimum absolute atomic E-state index is 0.481. The van der Waals surface area contributed by atoms with Crippen molar-refractivity contribution in [1.82, 2.24) is 0 Å². The molecule has 0 fully saturated rings. The van der Waals surface area contributed by atoms with Crippen LogP contribution in [-0.4, -0.2) is 23.8 Å². The van der Waals surface area contributed by atoms with Gasteiger partial charge >= 0.3 is 37.9 Å². The number of rotatable bonds is 12. The molecule has 0 rings (SSSR count). The van der Waals surface area contributed by atoms with Gasteiger partial charge in [-0.05, 0) is 6.42 Å². The fourth-order valence-corrected chi connectivity index (χ4v) is 2.03. The molecule has 0 radical (unpaired) electrons. The van der Waals surface area contributed by atoms with Crippen molar-refractivity contribution in [3.63, 3.8) is 0 Å². The van der Waals surface area contributed by atoms with E-state index in [9.17, 15) is 0 Å². The Balaban J connectivity index is 0. The first-order valence-electron chi connectivity index (χ1n) is 7.23. The third-order valence-electron chi connectivity index (χ3n) is 2.70. The average molecular weight is 348 g/mol. The van der Waals surface area contributed by atoms with Crippen molar-refractivity contribution in [2.75, 3.05) is 6.61 Å². The minimum atomic E-state index is -3.58. The summed E-state index contributed by atoms with van der Waals surface area (Å²) >= 11 is -3.58. The second-order valence-corrected chi connectivity index (χ2v) is 6.20. The summed E-state index contributed by atoms with van der Waals surface area (Å²) in [6.45, 7) is 2.72. The Kier molecular flexibility index (Phi) is 22.7. The van der Waals surface area contributed by atoms with Crippen molar-refractivity contribution in [1.29, 1.82) is 0 Å². The quantitative estimate of drug-likeness (QED) is 0.245. The summed E-state index contributed by atoms with van der Waals surface area (Å²) in [5.41, 5.74) is 0. The summed E-state index contributed by atoms with van der Waals surface area (Å²) in [4.78, 5) is 17.0. The van der Waals surface area contributed by atoms with E-state index in [0.717, 1.165) is 12.8 Å². The molecule has 0 saturated heterocycles. The molecule has 122 valence electrons. The molecule has 0 heterocycles. The third-order valence-corrected chi connectivity index (χ3v) is 3.12. The third kappa shape index (κ3) is 31.2. The first-order valence-corrected chi connectivity index (χ1v) is 10.4. The van der Waals surface area contributed by atoms with E-state index in [0.29, 0.717) is 6.61 Å². The number of hydrogen-bond donors (Lipinski definition) is 4. The normalized spacial score (nSPS) is 10.3. The molecular weight excluding hydrogens is 319 g/mol. The topological polar surface area (TPSA) is 107 Å². The van der Waals surface area contributed by atoms with Gasteiger partial charge in [-0.15, -0.1) is 0 Å². The average Bonchev–Trinajstić information content (AvgIpc) is 2.35. The predicted molar refractivity (Wildman–Crippen MR) is 74.3 cm³/mol. The van der Waals surface area contributed by atoms with Crippen molar-refractivity contribution in [2.45, 2.75) is 71.1 Å². The fourth-order valence-electron chi connectivity index (χ4n) is 1.74. The van der Waals surface area contributed by atoms with Crippen LogP contribution in [0.4, 0.5) is 0 Å². The zero-order valence-electron chi connectivity index (χ0n) is 12.3. The SMILES string of the molecule is CCCCCCCCCCCCOP(O)O.[O]=[Ti]([OH])[OH]. The van der Waals surface area contributed by atoms with Gasteiger partial charge in [-0.2, -0.15) is 0 Å². The van der Waals surface area contributed by atoms with Gasteiger partial charge in [0.1, 0.15) is 0 Å². The van der Waals surface area contributed by atoms with E-state index in [-0.39, 0.29) is 0 Å². The number of hydrogen-bond acceptors (Lipinski definition) is 4. The van der Waals surface area contributed by atoms with Gasteiger partial charge in [0.15, 0.2) is 0 Å². The summed E-state index contributed by atoms with van der Waals surface area (Å²) in [7, 11) is -2.14. The van der Waals surface area contributed by atoms with Crippen LogP contribution in [0.15, 0.2) is 0 Å². The van der Waals surface area contributed by atoms with Crippen LogP contribution in [0.3, 0.4) is 0 Å². The van der Waals surface area contributed by atoms with Gasteiger partial charge in [0.2, 0.25) is 0 Å². The van der Waals surface area contributed by atoms with Crippen LogP contribution in [0.25, 0.3) is 0 Å². The predicted octanol–water partition coefficient (Wildman–Crippen LogP) is 2.90. The molecule has 0 spiro atoms. The molecule has 0 saturated carbocycles. The Morgan fingerprint density at radius 1 is 0.850 bits per heavy atom. The van der Waals surface area contributed by atoms with Crippen LogP contribution in [0, 0.1) is 0 Å². The van der Waals surface area contributed by atoms with E-state index in [1.165, 1.54) is 51.4 Å². The maximum absolute atomic E-state index is 8.81. The molecular formula is C12H29O6PTi. The molecule has 8 heteroatoms. The van der Waals surface area contributed by atoms with E-state index < -0.39 is 27.2 Å². The molecule has 20 heavy (non-hydrogen) atoms. The molecule has 0 aliphatic carbocycles. The Bertz CT molecular complexity index is 202. The van der Waals surface area contributed by atoms with Crippen LogP contribution in [0.5, 0.6) is 0 Å². The molecule has 0 unspecified atom stereocenters. The van der Waals surface area contributed by atoms with Gasteiger partial charge in [0, 0.05) is 0 Å². The molecule has 0 aliphatic rings. The monoisotopic (exact) mass is 348 g/mol. The van der Waals surface area contributed by atoms with Crippen LogP contribution in [0.1, 0.15) is 71.1 Å². The first kappa shape index (κ1) is 23.0. The first-order chi connectivity index (χ1) is 9.50. The molecule has 0 bridgehead atoms. The summed E-state index contributed by atoms with van der Waals surface area (Å²) in [5.74, 6) is 0. The molecule has 0 atom stereocenters. The van der Waals surface area contributed by atoms with Crippen LogP contribution in [0.2, 0.25) is 0 Å². The van der Waals surface area contributed by atoms with Crippen molar-refractivity contribution in [3.8, 4) is 0 Å². The van der Waals surface area contributed by atoms with Crippen molar-refractivity contribution < 1.29 is 43.6 Å². The number of unbranched alkanes of at least 4 members (excludes halogenated alkanes) is 9. The van der Waals surface area contributed by atoms with E-state index in [4.69, 9.17) is 20.5 Å². The Labute approximate surface area is 130 Å². The Morgan fingerprint density at radius 3 is 1.55 bits per heavy atom. The van der Waals surface area contributed by atoms with Gasteiger partial charge in [-0.25, -0.2) is 0 Å². The second-order valence-electron chi connectivity index (χ2n) is 4.55. The molecule has 0 aromatic rings. The molecule has 4 N–H and O–H groups in total. The standard InChI is InChI=1S/C12H27O3P.2H2O.O.Ti/c1-2-3-4-5-6-7-8-9-10-11-12-15-16(13)14;;;;/h13-14H,2-12H2,1H3;2*1H2;;/q;;;;+2/p-2. The summed E-state index contributed by atoms with van der Waals surface area (Å²) in [6, 6.07) is 0. The molecule has 0 aromatic heterocycles. The van der Waals surface area contributed by atoms with Crippen LogP contribution >= 0.6 is 8.60 Å². The van der Waals surface area contributed by atoms with Crippen molar-refractivity contribution in [3.05, 3.63) is 0 Å². The molecule has 0 aliphatic heterocycles. The maximum atomic E-state index is 8.81. The Morgan fingerprint density at radius 2 is 1.20 bits per heavy atom. The van der Waals surface area contributed by atoms with E-state index >= 15 is 0 Å². The molecule has 0 aromatic carbocycles. The summed E-state index contributed by atoms with van der Waals surface area (Å²) < 4.78 is 27.9. The van der Waals surface area contributed by atoms with Gasteiger partial charge in [-0.1, -0.05) is 64.7 Å². The summed E-state index contributed by atoms with van der Waals surface area (Å²) in [6.07, 6.45) is 12.8. The van der Waals surface area contributed by atoms with Gasteiger partial charge in [0.05, 0.1) is 6.61 Å².